The van der Waals surface area contributed by atoms with Gasteiger partial charge < -0.3 is 15.5 Å². The maximum Gasteiger partial charge on any atom is 0.273 e. The molecular weight excluding hydrogens is 325 g/mol. The third kappa shape index (κ3) is 4.00. The van der Waals surface area contributed by atoms with Crippen LogP contribution >= 0.6 is 0 Å². The fourth-order valence-corrected chi connectivity index (χ4v) is 2.45. The summed E-state index contributed by atoms with van der Waals surface area (Å²) in [5, 5.41) is 8.80. The number of amides is 2. The van der Waals surface area contributed by atoms with Gasteiger partial charge in [0.1, 0.15) is 11.5 Å². The van der Waals surface area contributed by atoms with Crippen molar-refractivity contribution in [2.75, 3.05) is 10.6 Å². The maximum atomic E-state index is 13.9. The van der Waals surface area contributed by atoms with Gasteiger partial charge in [0.25, 0.3) is 5.91 Å². The van der Waals surface area contributed by atoms with Crippen molar-refractivity contribution in [3.63, 3.8) is 0 Å². The maximum absolute atomic E-state index is 13.9. The highest BCUT2D eigenvalue weighted by Gasteiger charge is 2.27. The third-order valence-electron chi connectivity index (χ3n) is 3.64. The molecule has 3 rings (SSSR count). The van der Waals surface area contributed by atoms with Crippen molar-refractivity contribution in [3.8, 4) is 0 Å². The Morgan fingerprint density at radius 2 is 1.92 bits per heavy atom. The van der Waals surface area contributed by atoms with Crippen LogP contribution in [0.25, 0.3) is 0 Å². The van der Waals surface area contributed by atoms with Crippen LogP contribution in [0.3, 0.4) is 0 Å². The highest BCUT2D eigenvalue weighted by molar-refractivity contribution is 6.43. The number of hydrogen-bond donors (Lipinski definition) is 2. The Hall–Kier alpha value is -3.22. The Bertz CT molecular complexity index is 837. The van der Waals surface area contributed by atoms with Gasteiger partial charge in [-0.2, -0.15) is 0 Å². The Balaban J connectivity index is 1.68. The molecule has 128 valence electrons. The van der Waals surface area contributed by atoms with Gasteiger partial charge in [-0.25, -0.2) is 4.39 Å². The minimum absolute atomic E-state index is 0.0397. The molecule has 1 aliphatic heterocycles. The molecular formula is C18H16FN3O3. The normalized spacial score (nSPS) is 15.9. The third-order valence-corrected chi connectivity index (χ3v) is 3.64. The molecule has 0 saturated carbocycles. The van der Waals surface area contributed by atoms with E-state index in [1.165, 1.54) is 25.1 Å². The summed E-state index contributed by atoms with van der Waals surface area (Å²) in [5.74, 6) is -1.44. The summed E-state index contributed by atoms with van der Waals surface area (Å²) in [6.45, 7) is 1.34. The van der Waals surface area contributed by atoms with E-state index in [0.29, 0.717) is 12.1 Å². The zero-order valence-electron chi connectivity index (χ0n) is 13.5. The molecule has 2 N–H and O–H groups in total. The number of hydrogen-bond acceptors (Lipinski definition) is 4. The minimum atomic E-state index is -0.610. The lowest BCUT2D eigenvalue weighted by Crippen LogP contribution is -2.22. The molecule has 7 heteroatoms. The molecule has 2 amide bonds. The summed E-state index contributed by atoms with van der Waals surface area (Å²) in [4.78, 5) is 28.7. The van der Waals surface area contributed by atoms with Gasteiger partial charge in [0, 0.05) is 19.0 Å². The lowest BCUT2D eigenvalue weighted by molar-refractivity contribution is -0.114. The predicted octanol–water partition coefficient (Wildman–Crippen LogP) is 3.24. The van der Waals surface area contributed by atoms with Crippen molar-refractivity contribution in [3.05, 3.63) is 59.9 Å². The SMILES string of the molecule is CC(=O)Nc1ccc(F)c(NC(=O)C2=NO[C@H](c3ccccc3)C2)c1. The highest BCUT2D eigenvalue weighted by atomic mass is 19.1. The molecule has 0 spiro atoms. The van der Waals surface area contributed by atoms with Crippen molar-refractivity contribution in [2.45, 2.75) is 19.4 Å². The van der Waals surface area contributed by atoms with E-state index in [2.05, 4.69) is 15.8 Å². The molecule has 1 heterocycles. The molecule has 0 aromatic heterocycles. The fourth-order valence-electron chi connectivity index (χ4n) is 2.45. The van der Waals surface area contributed by atoms with Crippen LogP contribution in [0.4, 0.5) is 15.8 Å². The molecule has 0 saturated heterocycles. The molecule has 1 aliphatic rings. The number of rotatable bonds is 4. The van der Waals surface area contributed by atoms with Gasteiger partial charge in [0.15, 0.2) is 6.10 Å². The molecule has 0 aliphatic carbocycles. The first-order valence-electron chi connectivity index (χ1n) is 7.69. The van der Waals surface area contributed by atoms with Crippen molar-refractivity contribution >= 4 is 28.9 Å². The van der Waals surface area contributed by atoms with Crippen molar-refractivity contribution in [1.82, 2.24) is 0 Å². The number of nitrogens with one attached hydrogen (secondary N) is 2. The van der Waals surface area contributed by atoms with Crippen LogP contribution < -0.4 is 10.6 Å². The van der Waals surface area contributed by atoms with Crippen molar-refractivity contribution in [2.24, 2.45) is 5.16 Å². The van der Waals surface area contributed by atoms with Gasteiger partial charge >= 0.3 is 0 Å². The first-order valence-corrected chi connectivity index (χ1v) is 7.69. The molecule has 1 atom stereocenters. The largest absolute Gasteiger partial charge is 0.387 e. The number of halogens is 1. The number of carbonyl (C=O) groups excluding carboxylic acids is 2. The molecule has 2 aromatic rings. The summed E-state index contributed by atoms with van der Waals surface area (Å²) in [6, 6.07) is 13.3. The van der Waals surface area contributed by atoms with Crippen LogP contribution in [-0.4, -0.2) is 17.5 Å². The smallest absolute Gasteiger partial charge is 0.273 e. The summed E-state index contributed by atoms with van der Waals surface area (Å²) in [7, 11) is 0. The minimum Gasteiger partial charge on any atom is -0.387 e. The van der Waals surface area contributed by atoms with Gasteiger partial charge in [-0.3, -0.25) is 9.59 Å². The molecule has 0 unspecified atom stereocenters. The molecule has 0 radical (unpaired) electrons. The van der Waals surface area contributed by atoms with E-state index < -0.39 is 11.7 Å². The van der Waals surface area contributed by atoms with Crippen LogP contribution in [0.15, 0.2) is 53.7 Å². The van der Waals surface area contributed by atoms with Crippen molar-refractivity contribution in [1.29, 1.82) is 0 Å². The Morgan fingerprint density at radius 1 is 1.16 bits per heavy atom. The predicted molar refractivity (Wildman–Crippen MR) is 91.7 cm³/mol. The molecule has 0 fully saturated rings. The molecule has 0 bridgehead atoms. The molecule has 25 heavy (non-hydrogen) atoms. The second-order valence-corrected chi connectivity index (χ2v) is 5.58. The first-order chi connectivity index (χ1) is 12.0. The van der Waals surface area contributed by atoms with Gasteiger partial charge in [-0.1, -0.05) is 35.5 Å². The first kappa shape index (κ1) is 16.6. The molecule has 6 nitrogen and oxygen atoms in total. The summed E-state index contributed by atoms with van der Waals surface area (Å²) < 4.78 is 13.9. The quantitative estimate of drug-likeness (QED) is 0.896. The van der Waals surface area contributed by atoms with E-state index >= 15 is 0 Å². The summed E-state index contributed by atoms with van der Waals surface area (Å²) in [5.41, 5.74) is 1.43. The van der Waals surface area contributed by atoms with E-state index in [4.69, 9.17) is 4.84 Å². The Morgan fingerprint density at radius 3 is 2.64 bits per heavy atom. The topological polar surface area (TPSA) is 79.8 Å². The van der Waals surface area contributed by atoms with Gasteiger partial charge in [0.05, 0.1) is 5.69 Å². The number of carbonyl (C=O) groups is 2. The fraction of sp³-hybridized carbons (Fsp3) is 0.167. The van der Waals surface area contributed by atoms with Gasteiger partial charge in [-0.15, -0.1) is 0 Å². The average Bonchev–Trinajstić information content (AvgIpc) is 3.08. The van der Waals surface area contributed by atoms with Crippen molar-refractivity contribution < 1.29 is 18.8 Å². The zero-order chi connectivity index (χ0) is 17.8. The Kier molecular flexibility index (Phi) is 4.74. The zero-order valence-corrected chi connectivity index (χ0v) is 13.5. The van der Waals surface area contributed by atoms with Crippen LogP contribution in [-0.2, 0) is 14.4 Å². The van der Waals surface area contributed by atoms with Gasteiger partial charge in [-0.05, 0) is 23.8 Å². The number of anilines is 2. The lowest BCUT2D eigenvalue weighted by Gasteiger charge is -2.09. The van der Waals surface area contributed by atoms with Crippen LogP contribution in [0.1, 0.15) is 25.0 Å². The monoisotopic (exact) mass is 341 g/mol. The second-order valence-electron chi connectivity index (χ2n) is 5.58. The highest BCUT2D eigenvalue weighted by Crippen LogP contribution is 2.28. The van der Waals surface area contributed by atoms with E-state index in [9.17, 15) is 14.0 Å². The summed E-state index contributed by atoms with van der Waals surface area (Å²) in [6.07, 6.45) is -0.0411. The van der Waals surface area contributed by atoms with E-state index in [-0.39, 0.29) is 23.4 Å². The van der Waals surface area contributed by atoms with E-state index in [1.807, 2.05) is 30.3 Å². The number of oxime groups is 1. The second kappa shape index (κ2) is 7.12. The van der Waals surface area contributed by atoms with Crippen LogP contribution in [0.5, 0.6) is 0 Å². The molecule has 2 aromatic carbocycles. The average molecular weight is 341 g/mol. The van der Waals surface area contributed by atoms with Crippen LogP contribution in [0.2, 0.25) is 0 Å². The van der Waals surface area contributed by atoms with E-state index in [1.54, 1.807) is 0 Å². The van der Waals surface area contributed by atoms with Gasteiger partial charge in [0.2, 0.25) is 5.91 Å². The standard InChI is InChI=1S/C18H16FN3O3/c1-11(23)20-13-7-8-14(19)15(9-13)21-18(24)16-10-17(25-22-16)12-5-3-2-4-6-12/h2-9,17H,10H2,1H3,(H,20,23)(H,21,24)/t17-/m0/s1. The number of benzene rings is 2. The van der Waals surface area contributed by atoms with E-state index in [0.717, 1.165) is 5.56 Å². The Labute approximate surface area is 143 Å². The lowest BCUT2D eigenvalue weighted by atomic mass is 10.0. The van der Waals surface area contributed by atoms with Crippen LogP contribution in [0, 0.1) is 5.82 Å². The summed E-state index contributed by atoms with van der Waals surface area (Å²) >= 11 is 0. The number of nitrogens with zero attached hydrogens (tertiary/aromatic N) is 1.